The highest BCUT2D eigenvalue weighted by Crippen LogP contribution is 2.22. The summed E-state index contributed by atoms with van der Waals surface area (Å²) in [6, 6.07) is 13.2. The maximum absolute atomic E-state index is 12.7. The molecule has 4 nitrogen and oxygen atoms in total. The van der Waals surface area contributed by atoms with Gasteiger partial charge in [-0.2, -0.15) is 4.31 Å². The molecule has 3 rings (SSSR count). The van der Waals surface area contributed by atoms with Crippen molar-refractivity contribution in [1.82, 2.24) is 9.21 Å². The minimum atomic E-state index is -3.38. The third kappa shape index (κ3) is 3.27. The highest BCUT2D eigenvalue weighted by molar-refractivity contribution is 7.89. The molecule has 0 atom stereocenters. The Morgan fingerprint density at radius 3 is 2.23 bits per heavy atom. The van der Waals surface area contributed by atoms with Crippen molar-refractivity contribution in [2.45, 2.75) is 11.8 Å². The lowest BCUT2D eigenvalue weighted by Crippen LogP contribution is -2.48. The number of halogens is 1. The van der Waals surface area contributed by atoms with Gasteiger partial charge < -0.3 is 4.90 Å². The molecule has 2 aromatic rings. The summed E-state index contributed by atoms with van der Waals surface area (Å²) in [7, 11) is -3.38. The quantitative estimate of drug-likeness (QED) is 0.862. The Balaban J connectivity index is 0.00000176. The number of hydrogen-bond acceptors (Lipinski definition) is 3. The number of piperazine rings is 1. The second-order valence-corrected chi connectivity index (χ2v) is 7.29. The predicted octanol–water partition coefficient (Wildman–Crippen LogP) is 2.59. The maximum Gasteiger partial charge on any atom is 0.243 e. The topological polar surface area (TPSA) is 40.6 Å². The van der Waals surface area contributed by atoms with Gasteiger partial charge in [-0.3, -0.25) is 0 Å². The molecule has 0 spiro atoms. The molecule has 2 aromatic carbocycles. The lowest BCUT2D eigenvalue weighted by atomic mass is 10.1. The fourth-order valence-corrected chi connectivity index (χ4v) is 4.22. The molecule has 1 saturated heterocycles. The molecule has 120 valence electrons. The molecule has 0 unspecified atom stereocenters. The molecule has 22 heavy (non-hydrogen) atoms. The molecule has 1 fully saturated rings. The minimum absolute atomic E-state index is 0. The third-order valence-electron chi connectivity index (χ3n) is 4.14. The van der Waals surface area contributed by atoms with E-state index in [4.69, 9.17) is 0 Å². The predicted molar refractivity (Wildman–Crippen MR) is 92.1 cm³/mol. The summed E-state index contributed by atoms with van der Waals surface area (Å²) in [5, 5.41) is 2.03. The van der Waals surface area contributed by atoms with Crippen LogP contribution in [0.1, 0.15) is 6.92 Å². The van der Waals surface area contributed by atoms with Gasteiger partial charge in [0.05, 0.1) is 4.90 Å². The smallest absolute Gasteiger partial charge is 0.243 e. The summed E-state index contributed by atoms with van der Waals surface area (Å²) in [5.41, 5.74) is 0. The zero-order valence-electron chi connectivity index (χ0n) is 12.6. The molecule has 1 aliphatic rings. The van der Waals surface area contributed by atoms with Crippen LogP contribution in [0.3, 0.4) is 0 Å². The summed E-state index contributed by atoms with van der Waals surface area (Å²) in [6.45, 7) is 5.84. The Hall–Kier alpha value is -1.14. The van der Waals surface area contributed by atoms with Gasteiger partial charge in [-0.1, -0.05) is 37.3 Å². The highest BCUT2D eigenvalue weighted by Gasteiger charge is 2.27. The number of rotatable bonds is 3. The SMILES string of the molecule is CCN1CCN(S(=O)(=O)c2ccc3ccccc3c2)CC1.Cl. The number of sulfonamides is 1. The van der Waals surface area contributed by atoms with E-state index in [9.17, 15) is 8.42 Å². The number of likely N-dealkylation sites (N-methyl/N-ethyl adjacent to an activating group) is 1. The maximum atomic E-state index is 12.7. The second-order valence-electron chi connectivity index (χ2n) is 5.35. The average molecular weight is 341 g/mol. The van der Waals surface area contributed by atoms with E-state index in [2.05, 4.69) is 11.8 Å². The summed E-state index contributed by atoms with van der Waals surface area (Å²) < 4.78 is 27.1. The molecule has 0 radical (unpaired) electrons. The van der Waals surface area contributed by atoms with Gasteiger partial charge >= 0.3 is 0 Å². The molecule has 0 N–H and O–H groups in total. The monoisotopic (exact) mass is 340 g/mol. The summed E-state index contributed by atoms with van der Waals surface area (Å²) in [4.78, 5) is 2.66. The van der Waals surface area contributed by atoms with E-state index in [0.717, 1.165) is 30.4 Å². The molecular formula is C16H21ClN2O2S. The van der Waals surface area contributed by atoms with Crippen LogP contribution in [-0.4, -0.2) is 50.3 Å². The van der Waals surface area contributed by atoms with Crippen molar-refractivity contribution in [3.63, 3.8) is 0 Å². The zero-order chi connectivity index (χ0) is 14.9. The van der Waals surface area contributed by atoms with Crippen LogP contribution in [0.5, 0.6) is 0 Å². The van der Waals surface area contributed by atoms with Gasteiger partial charge in [0.15, 0.2) is 0 Å². The van der Waals surface area contributed by atoms with Crippen molar-refractivity contribution >= 4 is 33.2 Å². The van der Waals surface area contributed by atoms with Crippen molar-refractivity contribution in [3.8, 4) is 0 Å². The largest absolute Gasteiger partial charge is 0.301 e. The molecule has 1 aliphatic heterocycles. The van der Waals surface area contributed by atoms with Crippen LogP contribution in [0, 0.1) is 0 Å². The lowest BCUT2D eigenvalue weighted by molar-refractivity contribution is 0.196. The summed E-state index contributed by atoms with van der Waals surface area (Å²) in [6.07, 6.45) is 0. The van der Waals surface area contributed by atoms with Gasteiger partial charge in [0.25, 0.3) is 0 Å². The molecule has 1 heterocycles. The number of benzene rings is 2. The lowest BCUT2D eigenvalue weighted by Gasteiger charge is -2.33. The third-order valence-corrected chi connectivity index (χ3v) is 6.03. The second kappa shape index (κ2) is 6.96. The van der Waals surface area contributed by atoms with Crippen molar-refractivity contribution in [1.29, 1.82) is 0 Å². The van der Waals surface area contributed by atoms with Crippen LogP contribution < -0.4 is 0 Å². The first-order chi connectivity index (χ1) is 10.1. The molecular weight excluding hydrogens is 320 g/mol. The molecule has 0 amide bonds. The van der Waals surface area contributed by atoms with Gasteiger partial charge in [0.2, 0.25) is 10.0 Å². The van der Waals surface area contributed by atoms with Crippen LogP contribution in [0.25, 0.3) is 10.8 Å². The first-order valence-electron chi connectivity index (χ1n) is 7.32. The molecule has 0 bridgehead atoms. The van der Waals surface area contributed by atoms with E-state index in [1.807, 2.05) is 30.3 Å². The van der Waals surface area contributed by atoms with Crippen molar-refractivity contribution in [3.05, 3.63) is 42.5 Å². The summed E-state index contributed by atoms with van der Waals surface area (Å²) in [5.74, 6) is 0. The van der Waals surface area contributed by atoms with E-state index in [1.54, 1.807) is 16.4 Å². The Kier molecular flexibility index (Phi) is 5.45. The first-order valence-corrected chi connectivity index (χ1v) is 8.76. The van der Waals surface area contributed by atoms with Crippen LogP contribution in [0.4, 0.5) is 0 Å². The molecule has 0 aromatic heterocycles. The fraction of sp³-hybridized carbons (Fsp3) is 0.375. The van der Waals surface area contributed by atoms with E-state index in [-0.39, 0.29) is 12.4 Å². The van der Waals surface area contributed by atoms with Crippen molar-refractivity contribution < 1.29 is 8.42 Å². The van der Waals surface area contributed by atoms with E-state index >= 15 is 0 Å². The first kappa shape index (κ1) is 17.2. The molecule has 0 aliphatic carbocycles. The van der Waals surface area contributed by atoms with Gasteiger partial charge in [-0.15, -0.1) is 12.4 Å². The number of fused-ring (bicyclic) bond motifs is 1. The minimum Gasteiger partial charge on any atom is -0.301 e. The van der Waals surface area contributed by atoms with Crippen LogP contribution in [-0.2, 0) is 10.0 Å². The normalized spacial score (nSPS) is 17.3. The van der Waals surface area contributed by atoms with E-state index in [0.29, 0.717) is 18.0 Å². The number of nitrogens with zero attached hydrogens (tertiary/aromatic N) is 2. The molecule has 6 heteroatoms. The van der Waals surface area contributed by atoms with E-state index in [1.165, 1.54) is 0 Å². The average Bonchev–Trinajstić information content (AvgIpc) is 2.54. The fourth-order valence-electron chi connectivity index (χ4n) is 2.76. The van der Waals surface area contributed by atoms with Crippen LogP contribution in [0.2, 0.25) is 0 Å². The van der Waals surface area contributed by atoms with Crippen LogP contribution >= 0.6 is 12.4 Å². The molecule has 0 saturated carbocycles. The van der Waals surface area contributed by atoms with Gasteiger partial charge in [-0.25, -0.2) is 8.42 Å². The Morgan fingerprint density at radius 2 is 1.59 bits per heavy atom. The zero-order valence-corrected chi connectivity index (χ0v) is 14.2. The standard InChI is InChI=1S/C16H20N2O2S.ClH/c1-2-17-9-11-18(12-10-17)21(19,20)16-8-7-14-5-3-4-6-15(14)13-16;/h3-8,13H,2,9-12H2,1H3;1H. The van der Waals surface area contributed by atoms with Gasteiger partial charge in [0, 0.05) is 26.2 Å². The number of hydrogen-bond donors (Lipinski definition) is 0. The summed E-state index contributed by atoms with van der Waals surface area (Å²) >= 11 is 0. The Bertz CT molecular complexity index is 741. The van der Waals surface area contributed by atoms with Gasteiger partial charge in [0.1, 0.15) is 0 Å². The van der Waals surface area contributed by atoms with E-state index < -0.39 is 10.0 Å². The van der Waals surface area contributed by atoms with Crippen LogP contribution in [0.15, 0.2) is 47.4 Å². The van der Waals surface area contributed by atoms with Crippen molar-refractivity contribution in [2.75, 3.05) is 32.7 Å². The Labute approximate surface area is 138 Å². The van der Waals surface area contributed by atoms with Crippen molar-refractivity contribution in [2.24, 2.45) is 0 Å². The highest BCUT2D eigenvalue weighted by atomic mass is 35.5. The Morgan fingerprint density at radius 1 is 0.955 bits per heavy atom. The van der Waals surface area contributed by atoms with Gasteiger partial charge in [-0.05, 0) is 29.4 Å².